The summed E-state index contributed by atoms with van der Waals surface area (Å²) in [5, 5.41) is 21.1. The summed E-state index contributed by atoms with van der Waals surface area (Å²) < 4.78 is 57.5. The first-order valence-corrected chi connectivity index (χ1v) is 30.3. The summed E-state index contributed by atoms with van der Waals surface area (Å²) in [7, 11) is 3.26. The highest BCUT2D eigenvalue weighted by atomic mass is 32.1. The SMILES string of the molecule is CCO.CCOC(=O)[C@@H](CC)Oc1cccc2c1c1ccccc1n2Cc1ccc(OCc2nc(-c3ccccc3)oc2C)c(OC)c1.CC[C@H](Oc1cccc2c1c1ccccc1n2Cc1ccc(OCc2nc(-c3ccccc3)oc2C)c(OC)c1)C(=O)O.S.S. The van der Waals surface area contributed by atoms with Crippen molar-refractivity contribution in [2.24, 2.45) is 0 Å². The van der Waals surface area contributed by atoms with Crippen LogP contribution in [0, 0.1) is 13.8 Å². The summed E-state index contributed by atoms with van der Waals surface area (Å²) in [6, 6.07) is 59.4. The lowest BCUT2D eigenvalue weighted by molar-refractivity contribution is -0.151. The maximum Gasteiger partial charge on any atom is 0.347 e. The monoisotopic (exact) mass is 1290 g/mol. The Morgan fingerprint density at radius 2 is 0.892 bits per heavy atom. The Balaban J connectivity index is 0.000000225. The van der Waals surface area contributed by atoms with E-state index in [9.17, 15) is 14.7 Å². The van der Waals surface area contributed by atoms with Crippen molar-refractivity contribution in [3.63, 3.8) is 0 Å². The highest BCUT2D eigenvalue weighted by Gasteiger charge is 2.25. The first-order chi connectivity index (χ1) is 44.4. The van der Waals surface area contributed by atoms with E-state index in [0.29, 0.717) is 90.3 Å². The zero-order valence-electron chi connectivity index (χ0n) is 53.3. The highest BCUT2D eigenvalue weighted by Crippen LogP contribution is 2.40. The Morgan fingerprint density at radius 3 is 1.29 bits per heavy atom. The predicted molar refractivity (Wildman–Crippen MR) is 372 cm³/mol. The molecule has 0 amide bonds. The van der Waals surface area contributed by atoms with E-state index in [-0.39, 0.29) is 52.8 Å². The molecule has 0 aliphatic heterocycles. The maximum atomic E-state index is 12.5. The third-order valence-electron chi connectivity index (χ3n) is 15.3. The molecule has 19 heteroatoms. The molecule has 0 fully saturated rings. The topological polar surface area (TPSA) is 201 Å². The fourth-order valence-corrected chi connectivity index (χ4v) is 10.9. The number of hydrogen-bond acceptors (Lipinski definition) is 14. The zero-order valence-corrected chi connectivity index (χ0v) is 55.3. The molecule has 0 saturated carbocycles. The third kappa shape index (κ3) is 15.7. The van der Waals surface area contributed by atoms with Gasteiger partial charge in [0.1, 0.15) is 47.6 Å². The van der Waals surface area contributed by atoms with Crippen LogP contribution in [0.4, 0.5) is 0 Å². The Labute approximate surface area is 554 Å². The standard InChI is InChI=1S/C37H36N2O6.C35H32N2O6.C2H6O.2H2S/c1-5-31(37(40)42-6-2)45-33-18-12-17-30-35(33)27-15-10-11-16-29(27)39(30)22-25-19-20-32(34(21-25)41-4)43-23-28-24(3)44-36(38-28)26-13-8-7-9-14-26;1-4-29(35(38)39)43-31-16-10-15-28-33(31)25-13-8-9-14-27(25)37(28)20-23-17-18-30(32(19-23)40-3)41-21-26-22(2)42-34(36-26)24-11-6-5-7-12-24;1-2-3;;/h7-21,31H,5-6,22-23H2,1-4H3;5-19,29H,4,20-21H2,1-3H3,(H,38,39);3H,2H2,1H3;2*1H2/t31-;29-;;;/m10.../s1. The summed E-state index contributed by atoms with van der Waals surface area (Å²) in [5.74, 6) is 4.89. The van der Waals surface area contributed by atoms with Crippen molar-refractivity contribution >= 4 is 82.5 Å². The van der Waals surface area contributed by atoms with Crippen molar-refractivity contribution < 1.29 is 61.8 Å². The summed E-state index contributed by atoms with van der Waals surface area (Å²) in [6.45, 7) is 13.2. The summed E-state index contributed by atoms with van der Waals surface area (Å²) in [5.41, 5.74) is 9.37. The molecule has 484 valence electrons. The van der Waals surface area contributed by atoms with Crippen LogP contribution in [0.2, 0.25) is 0 Å². The van der Waals surface area contributed by atoms with Crippen molar-refractivity contribution in [2.75, 3.05) is 27.4 Å². The largest absolute Gasteiger partial charge is 0.493 e. The molecule has 0 unspecified atom stereocenters. The number of rotatable bonds is 23. The molecular weight excluding hydrogens is 1220 g/mol. The predicted octanol–water partition coefficient (Wildman–Crippen LogP) is 16.0. The van der Waals surface area contributed by atoms with E-state index in [2.05, 4.69) is 43.4 Å². The highest BCUT2D eigenvalue weighted by molar-refractivity contribution is 7.59. The molecule has 4 aromatic heterocycles. The van der Waals surface area contributed by atoms with E-state index in [0.717, 1.165) is 77.3 Å². The van der Waals surface area contributed by atoms with Crippen LogP contribution in [0.25, 0.3) is 66.5 Å². The van der Waals surface area contributed by atoms with E-state index in [1.165, 1.54) is 0 Å². The van der Waals surface area contributed by atoms with Gasteiger partial charge in [-0.1, -0.05) is 111 Å². The lowest BCUT2D eigenvalue weighted by atomic mass is 10.1. The van der Waals surface area contributed by atoms with Gasteiger partial charge in [-0.3, -0.25) is 0 Å². The first-order valence-electron chi connectivity index (χ1n) is 30.3. The normalized spacial score (nSPS) is 11.5. The molecule has 0 spiro atoms. The fraction of sp³-hybridized carbons (Fsp3) is 0.243. The number of carbonyl (C=O) groups excluding carboxylic acids is 1. The number of benzene rings is 8. The number of aryl methyl sites for hydroxylation is 2. The number of aliphatic hydroxyl groups is 1. The second-order valence-electron chi connectivity index (χ2n) is 21.3. The van der Waals surface area contributed by atoms with Gasteiger partial charge in [-0.2, -0.15) is 27.0 Å². The van der Waals surface area contributed by atoms with Gasteiger partial charge < -0.3 is 61.3 Å². The lowest BCUT2D eigenvalue weighted by Crippen LogP contribution is -2.28. The summed E-state index contributed by atoms with van der Waals surface area (Å²) in [6.07, 6.45) is -0.730. The third-order valence-corrected chi connectivity index (χ3v) is 15.3. The summed E-state index contributed by atoms with van der Waals surface area (Å²) in [4.78, 5) is 33.5. The second kappa shape index (κ2) is 32.5. The van der Waals surface area contributed by atoms with Gasteiger partial charge in [0, 0.05) is 63.4 Å². The molecular formula is C74H78N4O13S2. The Morgan fingerprint density at radius 1 is 0.495 bits per heavy atom. The number of aliphatic hydroxyl groups excluding tert-OH is 1. The van der Waals surface area contributed by atoms with Gasteiger partial charge >= 0.3 is 11.9 Å². The molecule has 17 nitrogen and oxygen atoms in total. The van der Waals surface area contributed by atoms with Gasteiger partial charge in [0.15, 0.2) is 35.2 Å². The minimum atomic E-state index is -0.979. The van der Waals surface area contributed by atoms with Gasteiger partial charge in [0.05, 0.1) is 31.9 Å². The Bertz CT molecular complexity index is 4450. The molecule has 12 aromatic rings. The van der Waals surface area contributed by atoms with E-state index in [1.54, 1.807) is 35.0 Å². The number of fused-ring (bicyclic) bond motifs is 6. The van der Waals surface area contributed by atoms with Crippen molar-refractivity contribution in [2.45, 2.75) is 92.9 Å². The lowest BCUT2D eigenvalue weighted by Gasteiger charge is -2.17. The minimum absolute atomic E-state index is 0. The zero-order chi connectivity index (χ0) is 64.0. The number of carbonyl (C=O) groups is 2. The number of ether oxygens (including phenoxy) is 7. The van der Waals surface area contributed by atoms with Crippen molar-refractivity contribution in [3.05, 3.63) is 216 Å². The fourth-order valence-electron chi connectivity index (χ4n) is 10.9. The first kappa shape index (κ1) is 69.1. The van der Waals surface area contributed by atoms with Gasteiger partial charge in [0.2, 0.25) is 11.8 Å². The summed E-state index contributed by atoms with van der Waals surface area (Å²) >= 11 is 0. The van der Waals surface area contributed by atoms with Gasteiger partial charge in [-0.05, 0) is 137 Å². The number of para-hydroxylation sites is 2. The van der Waals surface area contributed by atoms with Crippen LogP contribution in [0.1, 0.15) is 74.6 Å². The second-order valence-corrected chi connectivity index (χ2v) is 21.3. The Kier molecular flexibility index (Phi) is 24.1. The molecule has 0 bridgehead atoms. The number of carboxylic acids is 1. The van der Waals surface area contributed by atoms with Crippen LogP contribution >= 0.6 is 27.0 Å². The molecule has 93 heavy (non-hydrogen) atoms. The minimum Gasteiger partial charge on any atom is -0.493 e. The van der Waals surface area contributed by atoms with Gasteiger partial charge in [-0.25, -0.2) is 19.6 Å². The number of aliphatic carboxylic acids is 1. The van der Waals surface area contributed by atoms with E-state index in [4.69, 9.17) is 47.1 Å². The van der Waals surface area contributed by atoms with E-state index in [1.807, 2.05) is 178 Å². The number of oxazole rings is 2. The van der Waals surface area contributed by atoms with Crippen molar-refractivity contribution in [3.8, 4) is 57.4 Å². The molecule has 0 saturated heterocycles. The van der Waals surface area contributed by atoms with Crippen molar-refractivity contribution in [1.29, 1.82) is 0 Å². The average molecular weight is 1300 g/mol. The average Bonchev–Trinajstić information content (AvgIpc) is 1.61. The number of nitrogens with zero attached hydrogens (tertiary/aromatic N) is 4. The molecule has 2 atom stereocenters. The quantitative estimate of drug-likeness (QED) is 0.0572. The van der Waals surface area contributed by atoms with Crippen LogP contribution < -0.4 is 28.4 Å². The number of hydrogen-bond donors (Lipinski definition) is 2. The van der Waals surface area contributed by atoms with Crippen LogP contribution in [-0.4, -0.2) is 80.9 Å². The number of esters is 1. The maximum absolute atomic E-state index is 12.5. The van der Waals surface area contributed by atoms with E-state index >= 15 is 0 Å². The van der Waals surface area contributed by atoms with Gasteiger partial charge in [-0.15, -0.1) is 0 Å². The number of methoxy groups -OCH3 is 2. The molecule has 0 radical (unpaired) electrons. The van der Waals surface area contributed by atoms with E-state index < -0.39 is 18.2 Å². The van der Waals surface area contributed by atoms with Crippen LogP contribution in [0.3, 0.4) is 0 Å². The molecule has 12 rings (SSSR count). The Hall–Kier alpha value is -9.82. The van der Waals surface area contributed by atoms with Crippen LogP contribution in [-0.2, 0) is 40.6 Å². The number of aromatic nitrogens is 4. The number of carboxylic acid groups (broad SMARTS) is 1. The van der Waals surface area contributed by atoms with Gasteiger partial charge in [0.25, 0.3) is 0 Å². The van der Waals surface area contributed by atoms with Crippen molar-refractivity contribution in [1.82, 2.24) is 19.1 Å². The molecule has 8 aromatic carbocycles. The molecule has 4 heterocycles. The van der Waals surface area contributed by atoms with Crippen LogP contribution in [0.5, 0.6) is 34.5 Å². The smallest absolute Gasteiger partial charge is 0.347 e. The molecule has 0 aliphatic carbocycles. The van der Waals surface area contributed by atoms with Crippen LogP contribution in [0.15, 0.2) is 191 Å². The molecule has 0 aliphatic rings. The molecule has 2 N–H and O–H groups in total.